The Morgan fingerprint density at radius 1 is 1.37 bits per heavy atom. The monoisotopic (exact) mass is 395 g/mol. The molecule has 1 aromatic heterocycles. The van der Waals surface area contributed by atoms with Crippen LogP contribution < -0.4 is 10.2 Å². The van der Waals surface area contributed by atoms with Crippen molar-refractivity contribution in [2.24, 2.45) is 0 Å². The Hall–Kier alpha value is -2.09. The lowest BCUT2D eigenvalue weighted by Gasteiger charge is -2.44. The van der Waals surface area contributed by atoms with Gasteiger partial charge in [-0.05, 0) is 51.6 Å². The van der Waals surface area contributed by atoms with Crippen molar-refractivity contribution in [3.05, 3.63) is 11.5 Å². The van der Waals surface area contributed by atoms with Crippen molar-refractivity contribution in [2.75, 3.05) is 23.3 Å². The number of aromatic nitrogens is 2. The SMILES string of the molecule is CCC1C(=O)Nc2cnc(Cl)nc2N1C1CCN(C(=O)OC(C)(C)C)CC1. The number of carbonyl (C=O) groups is 2. The first kappa shape index (κ1) is 19.7. The summed E-state index contributed by atoms with van der Waals surface area (Å²) in [5, 5.41) is 3.01. The van der Waals surface area contributed by atoms with Gasteiger partial charge >= 0.3 is 6.09 Å². The van der Waals surface area contributed by atoms with Gasteiger partial charge in [-0.1, -0.05) is 6.92 Å². The zero-order chi connectivity index (χ0) is 19.8. The quantitative estimate of drug-likeness (QED) is 0.774. The molecule has 1 fully saturated rings. The third-order valence-corrected chi connectivity index (χ3v) is 4.96. The van der Waals surface area contributed by atoms with Crippen molar-refractivity contribution in [1.82, 2.24) is 14.9 Å². The lowest BCUT2D eigenvalue weighted by molar-refractivity contribution is -0.118. The van der Waals surface area contributed by atoms with Gasteiger partial charge in [0.1, 0.15) is 17.3 Å². The minimum Gasteiger partial charge on any atom is -0.444 e. The summed E-state index contributed by atoms with van der Waals surface area (Å²) in [6.45, 7) is 8.69. The van der Waals surface area contributed by atoms with Gasteiger partial charge in [-0.15, -0.1) is 0 Å². The Morgan fingerprint density at radius 3 is 2.63 bits per heavy atom. The molecule has 2 aliphatic heterocycles. The van der Waals surface area contributed by atoms with Crippen LogP contribution in [0.3, 0.4) is 0 Å². The number of anilines is 2. The molecule has 9 heteroatoms. The molecule has 0 spiro atoms. The van der Waals surface area contributed by atoms with Gasteiger partial charge in [0, 0.05) is 19.1 Å². The molecule has 0 radical (unpaired) electrons. The van der Waals surface area contributed by atoms with E-state index in [4.69, 9.17) is 16.3 Å². The molecule has 8 nitrogen and oxygen atoms in total. The number of hydrogen-bond acceptors (Lipinski definition) is 6. The van der Waals surface area contributed by atoms with Gasteiger partial charge in [-0.25, -0.2) is 9.78 Å². The van der Waals surface area contributed by atoms with Crippen LogP contribution in [-0.2, 0) is 9.53 Å². The topological polar surface area (TPSA) is 87.7 Å². The number of halogens is 1. The number of hydrogen-bond donors (Lipinski definition) is 1. The molecule has 1 atom stereocenters. The molecule has 1 unspecified atom stereocenters. The van der Waals surface area contributed by atoms with Crippen LogP contribution in [-0.4, -0.2) is 57.6 Å². The van der Waals surface area contributed by atoms with Gasteiger partial charge in [0.2, 0.25) is 11.2 Å². The molecule has 2 aliphatic rings. The summed E-state index contributed by atoms with van der Waals surface area (Å²) in [6, 6.07) is -0.231. The van der Waals surface area contributed by atoms with Crippen molar-refractivity contribution in [1.29, 1.82) is 0 Å². The van der Waals surface area contributed by atoms with E-state index < -0.39 is 5.60 Å². The van der Waals surface area contributed by atoms with Crippen molar-refractivity contribution in [2.45, 2.75) is 64.6 Å². The van der Waals surface area contributed by atoms with Gasteiger partial charge in [0.05, 0.1) is 6.20 Å². The second-order valence-electron chi connectivity index (χ2n) is 7.90. The molecule has 3 heterocycles. The fourth-order valence-electron chi connectivity index (χ4n) is 3.59. The Balaban J connectivity index is 1.77. The van der Waals surface area contributed by atoms with E-state index in [0.29, 0.717) is 31.0 Å². The average molecular weight is 396 g/mol. The van der Waals surface area contributed by atoms with Crippen LogP contribution in [0, 0.1) is 0 Å². The van der Waals surface area contributed by atoms with E-state index in [1.165, 1.54) is 6.20 Å². The molecule has 2 amide bonds. The minimum absolute atomic E-state index is 0.0644. The Morgan fingerprint density at radius 2 is 2.04 bits per heavy atom. The number of rotatable bonds is 2. The molecule has 0 saturated carbocycles. The van der Waals surface area contributed by atoms with Crippen molar-refractivity contribution in [3.63, 3.8) is 0 Å². The second-order valence-corrected chi connectivity index (χ2v) is 8.23. The largest absolute Gasteiger partial charge is 0.444 e. The fourth-order valence-corrected chi connectivity index (χ4v) is 3.72. The van der Waals surface area contributed by atoms with E-state index in [9.17, 15) is 9.59 Å². The van der Waals surface area contributed by atoms with Crippen LogP contribution in [0.4, 0.5) is 16.3 Å². The predicted molar refractivity (Wildman–Crippen MR) is 103 cm³/mol. The number of nitrogens with zero attached hydrogens (tertiary/aromatic N) is 4. The van der Waals surface area contributed by atoms with Crippen LogP contribution >= 0.6 is 11.6 Å². The van der Waals surface area contributed by atoms with E-state index in [0.717, 1.165) is 12.8 Å². The van der Waals surface area contributed by atoms with Crippen LogP contribution in [0.15, 0.2) is 6.20 Å². The maximum absolute atomic E-state index is 12.5. The van der Waals surface area contributed by atoms with E-state index >= 15 is 0 Å². The summed E-state index contributed by atoms with van der Waals surface area (Å²) in [7, 11) is 0. The third-order valence-electron chi connectivity index (χ3n) is 4.78. The van der Waals surface area contributed by atoms with Crippen LogP contribution in [0.2, 0.25) is 5.28 Å². The van der Waals surface area contributed by atoms with E-state index in [1.54, 1.807) is 4.90 Å². The van der Waals surface area contributed by atoms with Crippen molar-refractivity contribution in [3.8, 4) is 0 Å². The highest BCUT2D eigenvalue weighted by Gasteiger charge is 2.39. The molecule has 0 bridgehead atoms. The zero-order valence-corrected chi connectivity index (χ0v) is 16.9. The molecular weight excluding hydrogens is 370 g/mol. The first-order valence-electron chi connectivity index (χ1n) is 9.29. The molecule has 148 valence electrons. The van der Waals surface area contributed by atoms with Gasteiger partial charge in [-0.2, -0.15) is 4.98 Å². The zero-order valence-electron chi connectivity index (χ0n) is 16.2. The lowest BCUT2D eigenvalue weighted by atomic mass is 9.98. The highest BCUT2D eigenvalue weighted by Crippen LogP contribution is 2.35. The molecule has 1 N–H and O–H groups in total. The Kier molecular flexibility index (Phi) is 5.46. The Labute approximate surface area is 164 Å². The molecule has 0 aliphatic carbocycles. The number of likely N-dealkylation sites (tertiary alicyclic amines) is 1. The average Bonchev–Trinajstić information content (AvgIpc) is 2.59. The predicted octanol–water partition coefficient (Wildman–Crippen LogP) is 3.07. The lowest BCUT2D eigenvalue weighted by Crippen LogP contribution is -2.56. The normalized spacial score (nSPS) is 20.9. The molecule has 1 aromatic rings. The standard InChI is InChI=1S/C18H26ClN5O3/c1-5-13-15(25)21-12-10-20-16(19)22-14(12)24(13)11-6-8-23(9-7-11)17(26)27-18(2,3)4/h10-11,13H,5-9H2,1-4H3,(H,21,25). The summed E-state index contributed by atoms with van der Waals surface area (Å²) in [6.07, 6.45) is 3.35. The van der Waals surface area contributed by atoms with Crippen molar-refractivity contribution < 1.29 is 14.3 Å². The molecule has 1 saturated heterocycles. The van der Waals surface area contributed by atoms with Crippen LogP contribution in [0.5, 0.6) is 0 Å². The number of ether oxygens (including phenoxy) is 1. The molecule has 3 rings (SSSR count). The van der Waals surface area contributed by atoms with Gasteiger partial charge in [-0.3, -0.25) is 4.79 Å². The Bertz CT molecular complexity index is 728. The molecule has 0 aromatic carbocycles. The van der Waals surface area contributed by atoms with Crippen molar-refractivity contribution >= 4 is 35.1 Å². The first-order valence-corrected chi connectivity index (χ1v) is 9.67. The number of carbonyl (C=O) groups excluding carboxylic acids is 2. The number of fused-ring (bicyclic) bond motifs is 1. The minimum atomic E-state index is -0.515. The maximum atomic E-state index is 12.5. The van der Waals surface area contributed by atoms with Gasteiger partial charge in [0.25, 0.3) is 0 Å². The van der Waals surface area contributed by atoms with E-state index in [-0.39, 0.29) is 29.4 Å². The maximum Gasteiger partial charge on any atom is 0.410 e. The summed E-state index contributed by atoms with van der Waals surface area (Å²) in [5.41, 5.74) is 0.0578. The first-order chi connectivity index (χ1) is 12.7. The van der Waals surface area contributed by atoms with Crippen LogP contribution in [0.25, 0.3) is 0 Å². The smallest absolute Gasteiger partial charge is 0.410 e. The molecule has 27 heavy (non-hydrogen) atoms. The number of nitrogens with one attached hydrogen (secondary N) is 1. The summed E-state index contributed by atoms with van der Waals surface area (Å²) in [5.74, 6) is 0.586. The molecular formula is C18H26ClN5O3. The summed E-state index contributed by atoms with van der Waals surface area (Å²) in [4.78, 5) is 36.9. The number of amides is 2. The third kappa shape index (κ3) is 4.26. The number of piperidine rings is 1. The van der Waals surface area contributed by atoms with Gasteiger partial charge in [0.15, 0.2) is 5.82 Å². The summed E-state index contributed by atoms with van der Waals surface area (Å²) < 4.78 is 5.46. The van der Waals surface area contributed by atoms with Crippen LogP contribution in [0.1, 0.15) is 47.0 Å². The second kappa shape index (κ2) is 7.50. The van der Waals surface area contributed by atoms with E-state index in [2.05, 4.69) is 15.3 Å². The highest BCUT2D eigenvalue weighted by atomic mass is 35.5. The van der Waals surface area contributed by atoms with Gasteiger partial charge < -0.3 is 19.9 Å². The summed E-state index contributed by atoms with van der Waals surface area (Å²) >= 11 is 6.00. The highest BCUT2D eigenvalue weighted by molar-refractivity contribution is 6.28. The van der Waals surface area contributed by atoms with E-state index in [1.807, 2.05) is 32.6 Å². The fraction of sp³-hybridized carbons (Fsp3) is 0.667.